The van der Waals surface area contributed by atoms with Crippen molar-refractivity contribution >= 4 is 40.2 Å². The van der Waals surface area contributed by atoms with Crippen LogP contribution in [0.15, 0.2) is 46.5 Å². The summed E-state index contributed by atoms with van der Waals surface area (Å²) in [5.41, 5.74) is 0.695. The fraction of sp³-hybridized carbons (Fsp3) is 0.222. The van der Waals surface area contributed by atoms with E-state index in [9.17, 15) is 4.79 Å². The first-order chi connectivity index (χ1) is 11.9. The van der Waals surface area contributed by atoms with Crippen LogP contribution >= 0.6 is 34.3 Å². The molecule has 0 unspecified atom stereocenters. The highest BCUT2D eigenvalue weighted by atomic mass is 35.5. The second-order valence-electron chi connectivity index (χ2n) is 5.80. The SMILES string of the molecule is CC(C)(Oc1ccc(Cl)cc1)C(=O)OCc1csc(-c2ccsc2)n1. The van der Waals surface area contributed by atoms with Crippen LogP contribution in [0.4, 0.5) is 0 Å². The average molecular weight is 394 g/mol. The number of thiophene rings is 1. The van der Waals surface area contributed by atoms with E-state index in [-0.39, 0.29) is 6.61 Å². The van der Waals surface area contributed by atoms with Gasteiger partial charge in [-0.25, -0.2) is 9.78 Å². The minimum Gasteiger partial charge on any atom is -0.476 e. The number of aromatic nitrogens is 1. The first-order valence-electron chi connectivity index (χ1n) is 7.53. The summed E-state index contributed by atoms with van der Waals surface area (Å²) in [6, 6.07) is 8.86. The lowest BCUT2D eigenvalue weighted by Gasteiger charge is -2.24. The topological polar surface area (TPSA) is 48.4 Å². The van der Waals surface area contributed by atoms with E-state index in [1.165, 1.54) is 11.3 Å². The van der Waals surface area contributed by atoms with E-state index in [2.05, 4.69) is 4.98 Å². The standard InChI is InChI=1S/C18H16ClNO3S2/c1-18(2,23-15-5-3-13(19)4-6-15)17(21)22-9-14-11-25-16(20-14)12-7-8-24-10-12/h3-8,10-11H,9H2,1-2H3. The highest BCUT2D eigenvalue weighted by Gasteiger charge is 2.32. The number of hydrogen-bond acceptors (Lipinski definition) is 6. The molecule has 0 atom stereocenters. The number of hydrogen-bond donors (Lipinski definition) is 0. The number of esters is 1. The molecule has 0 spiro atoms. The van der Waals surface area contributed by atoms with Crippen molar-refractivity contribution in [2.75, 3.05) is 0 Å². The van der Waals surface area contributed by atoms with Crippen LogP contribution in [0.25, 0.3) is 10.6 Å². The predicted octanol–water partition coefficient (Wildman–Crippen LogP) is 5.43. The molecule has 0 aliphatic heterocycles. The van der Waals surface area contributed by atoms with Crippen molar-refractivity contribution in [3.63, 3.8) is 0 Å². The zero-order chi connectivity index (χ0) is 17.9. The van der Waals surface area contributed by atoms with Gasteiger partial charge in [0, 0.05) is 21.3 Å². The smallest absolute Gasteiger partial charge is 0.350 e. The zero-order valence-electron chi connectivity index (χ0n) is 13.7. The highest BCUT2D eigenvalue weighted by molar-refractivity contribution is 7.14. The lowest BCUT2D eigenvalue weighted by atomic mass is 10.1. The van der Waals surface area contributed by atoms with Crippen LogP contribution in [0, 0.1) is 0 Å². The van der Waals surface area contributed by atoms with Gasteiger partial charge in [-0.2, -0.15) is 11.3 Å². The second-order valence-corrected chi connectivity index (χ2v) is 7.87. The summed E-state index contributed by atoms with van der Waals surface area (Å²) in [6.45, 7) is 3.45. The molecule has 0 radical (unpaired) electrons. The molecular weight excluding hydrogens is 378 g/mol. The number of nitrogens with zero attached hydrogens (tertiary/aromatic N) is 1. The number of thiazole rings is 1. The van der Waals surface area contributed by atoms with Crippen molar-refractivity contribution in [3.05, 3.63) is 57.2 Å². The summed E-state index contributed by atoms with van der Waals surface area (Å²) >= 11 is 9.00. The summed E-state index contributed by atoms with van der Waals surface area (Å²) < 4.78 is 11.1. The van der Waals surface area contributed by atoms with Crippen molar-refractivity contribution < 1.29 is 14.3 Å². The maximum atomic E-state index is 12.3. The number of benzene rings is 1. The van der Waals surface area contributed by atoms with E-state index in [0.717, 1.165) is 16.3 Å². The number of carbonyl (C=O) groups is 1. The molecule has 4 nitrogen and oxygen atoms in total. The zero-order valence-corrected chi connectivity index (χ0v) is 16.1. The van der Waals surface area contributed by atoms with Gasteiger partial charge in [-0.3, -0.25) is 0 Å². The number of halogens is 1. The van der Waals surface area contributed by atoms with Gasteiger partial charge in [-0.1, -0.05) is 11.6 Å². The Kier molecular flexibility index (Phi) is 5.42. The van der Waals surface area contributed by atoms with Crippen molar-refractivity contribution in [1.29, 1.82) is 0 Å². The van der Waals surface area contributed by atoms with Crippen molar-refractivity contribution in [2.24, 2.45) is 0 Å². The van der Waals surface area contributed by atoms with Crippen LogP contribution in [0.2, 0.25) is 5.02 Å². The number of ether oxygens (including phenoxy) is 2. The minimum atomic E-state index is -1.11. The molecule has 3 rings (SSSR count). The Morgan fingerprint density at radius 1 is 1.20 bits per heavy atom. The lowest BCUT2D eigenvalue weighted by molar-refractivity contribution is -0.160. The van der Waals surface area contributed by atoms with E-state index >= 15 is 0 Å². The maximum Gasteiger partial charge on any atom is 0.350 e. The van der Waals surface area contributed by atoms with Crippen LogP contribution in [0.1, 0.15) is 19.5 Å². The van der Waals surface area contributed by atoms with Crippen LogP contribution in [-0.2, 0) is 16.1 Å². The van der Waals surface area contributed by atoms with Crippen molar-refractivity contribution in [1.82, 2.24) is 4.98 Å². The molecular formula is C18H16ClNO3S2. The van der Waals surface area contributed by atoms with Gasteiger partial charge in [0.05, 0.1) is 5.69 Å². The van der Waals surface area contributed by atoms with E-state index in [0.29, 0.717) is 10.8 Å². The number of carbonyl (C=O) groups excluding carboxylic acids is 1. The molecule has 0 saturated carbocycles. The van der Waals surface area contributed by atoms with Gasteiger partial charge in [0.1, 0.15) is 17.4 Å². The third-order valence-corrected chi connectivity index (χ3v) is 5.22. The Morgan fingerprint density at radius 3 is 2.64 bits per heavy atom. The highest BCUT2D eigenvalue weighted by Crippen LogP contribution is 2.26. The van der Waals surface area contributed by atoms with E-state index < -0.39 is 11.6 Å². The molecule has 25 heavy (non-hydrogen) atoms. The molecule has 130 valence electrons. The third-order valence-electron chi connectivity index (χ3n) is 3.35. The van der Waals surface area contributed by atoms with Crippen molar-refractivity contribution in [2.45, 2.75) is 26.1 Å². The molecule has 1 aromatic carbocycles. The first kappa shape index (κ1) is 17.9. The van der Waals surface area contributed by atoms with Crippen molar-refractivity contribution in [3.8, 4) is 16.3 Å². The lowest BCUT2D eigenvalue weighted by Crippen LogP contribution is -2.39. The Labute approximate surface area is 159 Å². The van der Waals surface area contributed by atoms with E-state index in [1.54, 1.807) is 49.4 Å². The fourth-order valence-corrected chi connectivity index (χ4v) is 3.69. The monoisotopic (exact) mass is 393 g/mol. The Balaban J connectivity index is 1.58. The third kappa shape index (κ3) is 4.60. The molecule has 0 bridgehead atoms. The molecule has 3 aromatic rings. The van der Waals surface area contributed by atoms with Gasteiger partial charge in [0.15, 0.2) is 5.60 Å². The fourth-order valence-electron chi connectivity index (χ4n) is 2.04. The van der Waals surface area contributed by atoms with Gasteiger partial charge in [0.2, 0.25) is 0 Å². The molecule has 2 aromatic heterocycles. The van der Waals surface area contributed by atoms with Crippen LogP contribution in [0.3, 0.4) is 0 Å². The summed E-state index contributed by atoms with van der Waals surface area (Å²) in [6.07, 6.45) is 0. The maximum absolute atomic E-state index is 12.3. The van der Waals surface area contributed by atoms with Gasteiger partial charge in [-0.05, 0) is 49.6 Å². The molecule has 0 aliphatic carbocycles. The Hall–Kier alpha value is -1.89. The van der Waals surface area contributed by atoms with E-state index in [4.69, 9.17) is 21.1 Å². The van der Waals surface area contributed by atoms with Gasteiger partial charge < -0.3 is 9.47 Å². The largest absolute Gasteiger partial charge is 0.476 e. The van der Waals surface area contributed by atoms with Gasteiger partial charge in [0.25, 0.3) is 0 Å². The van der Waals surface area contributed by atoms with Crippen LogP contribution in [0.5, 0.6) is 5.75 Å². The molecule has 2 heterocycles. The van der Waals surface area contributed by atoms with Crippen LogP contribution in [-0.4, -0.2) is 16.6 Å². The van der Waals surface area contributed by atoms with Crippen LogP contribution < -0.4 is 4.74 Å². The number of rotatable bonds is 6. The summed E-state index contributed by atoms with van der Waals surface area (Å²) in [7, 11) is 0. The molecule has 0 amide bonds. The molecule has 0 aliphatic rings. The quantitative estimate of drug-likeness (QED) is 0.524. The molecule has 0 saturated heterocycles. The Morgan fingerprint density at radius 2 is 1.96 bits per heavy atom. The first-order valence-corrected chi connectivity index (χ1v) is 9.73. The summed E-state index contributed by atoms with van der Waals surface area (Å²) in [5, 5.41) is 7.47. The van der Waals surface area contributed by atoms with Gasteiger partial charge in [-0.15, -0.1) is 11.3 Å². The Bertz CT molecular complexity index is 842. The summed E-state index contributed by atoms with van der Waals surface area (Å²) in [4.78, 5) is 16.8. The van der Waals surface area contributed by atoms with E-state index in [1.807, 2.05) is 22.2 Å². The predicted molar refractivity (Wildman–Crippen MR) is 101 cm³/mol. The second kappa shape index (κ2) is 7.56. The minimum absolute atomic E-state index is 0.118. The normalized spacial score (nSPS) is 11.3. The molecule has 0 fully saturated rings. The molecule has 7 heteroatoms. The van der Waals surface area contributed by atoms with Gasteiger partial charge >= 0.3 is 5.97 Å². The molecule has 0 N–H and O–H groups in total. The summed E-state index contributed by atoms with van der Waals surface area (Å²) in [5.74, 6) is 0.104. The average Bonchev–Trinajstić information content (AvgIpc) is 3.25.